The first kappa shape index (κ1) is 22.3. The lowest BCUT2D eigenvalue weighted by Gasteiger charge is -2.30. The van der Waals surface area contributed by atoms with Gasteiger partial charge in [0.25, 0.3) is 5.91 Å². The van der Waals surface area contributed by atoms with Crippen molar-refractivity contribution in [1.29, 1.82) is 0 Å². The SMILES string of the molecule is CCN(CC)S(=O)(=O)c1ccc(C(=O)N2CCCc3cc(C(F)(F)F)ccc32)cc1. The lowest BCUT2D eigenvalue weighted by atomic mass is 9.98. The molecule has 2 aromatic rings. The first-order valence-electron chi connectivity index (χ1n) is 9.71. The van der Waals surface area contributed by atoms with E-state index in [0.717, 1.165) is 12.1 Å². The predicted molar refractivity (Wildman–Crippen MR) is 108 cm³/mol. The van der Waals surface area contributed by atoms with Crippen LogP contribution >= 0.6 is 0 Å². The summed E-state index contributed by atoms with van der Waals surface area (Å²) in [7, 11) is -3.63. The molecule has 0 unspecified atom stereocenters. The van der Waals surface area contributed by atoms with Crippen LogP contribution in [0.15, 0.2) is 47.4 Å². The molecule has 30 heavy (non-hydrogen) atoms. The Morgan fingerprint density at radius 3 is 2.27 bits per heavy atom. The van der Waals surface area contributed by atoms with Gasteiger partial charge in [-0.2, -0.15) is 17.5 Å². The number of aryl methyl sites for hydroxylation is 1. The monoisotopic (exact) mass is 440 g/mol. The molecule has 2 aromatic carbocycles. The van der Waals surface area contributed by atoms with Crippen LogP contribution in [0.5, 0.6) is 0 Å². The zero-order valence-electron chi connectivity index (χ0n) is 16.7. The Morgan fingerprint density at radius 1 is 1.07 bits per heavy atom. The Morgan fingerprint density at radius 2 is 1.70 bits per heavy atom. The van der Waals surface area contributed by atoms with Gasteiger partial charge in [0, 0.05) is 30.9 Å². The first-order valence-corrected chi connectivity index (χ1v) is 11.2. The molecule has 162 valence electrons. The predicted octanol–water partition coefficient (Wildman–Crippen LogP) is 4.33. The van der Waals surface area contributed by atoms with Crippen molar-refractivity contribution in [1.82, 2.24) is 4.31 Å². The van der Waals surface area contributed by atoms with E-state index in [1.54, 1.807) is 13.8 Å². The fourth-order valence-corrected chi connectivity index (χ4v) is 5.08. The normalized spacial score (nSPS) is 14.7. The van der Waals surface area contributed by atoms with E-state index in [-0.39, 0.29) is 16.4 Å². The van der Waals surface area contributed by atoms with Crippen LogP contribution in [0.3, 0.4) is 0 Å². The van der Waals surface area contributed by atoms with Crippen LogP contribution in [0, 0.1) is 0 Å². The number of halogens is 3. The average Bonchev–Trinajstić information content (AvgIpc) is 2.72. The van der Waals surface area contributed by atoms with Crippen LogP contribution in [0.4, 0.5) is 18.9 Å². The number of fused-ring (bicyclic) bond motifs is 1. The highest BCUT2D eigenvalue weighted by Crippen LogP contribution is 2.35. The first-order chi connectivity index (χ1) is 14.1. The number of carbonyl (C=O) groups is 1. The van der Waals surface area contributed by atoms with Crippen LogP contribution < -0.4 is 4.90 Å². The van der Waals surface area contributed by atoms with Crippen LogP contribution in [-0.2, 0) is 22.6 Å². The van der Waals surface area contributed by atoms with Gasteiger partial charge in [-0.3, -0.25) is 4.79 Å². The minimum atomic E-state index is -4.44. The fourth-order valence-electron chi connectivity index (χ4n) is 3.62. The van der Waals surface area contributed by atoms with E-state index in [1.807, 2.05) is 0 Å². The van der Waals surface area contributed by atoms with Gasteiger partial charge in [-0.05, 0) is 60.9 Å². The maximum absolute atomic E-state index is 13.0. The van der Waals surface area contributed by atoms with Crippen molar-refractivity contribution in [3.8, 4) is 0 Å². The molecule has 0 bridgehead atoms. The van der Waals surface area contributed by atoms with Gasteiger partial charge in [-0.1, -0.05) is 13.8 Å². The Kier molecular flexibility index (Phi) is 6.24. The molecule has 0 saturated carbocycles. The molecule has 0 aliphatic carbocycles. The van der Waals surface area contributed by atoms with Crippen molar-refractivity contribution >= 4 is 21.6 Å². The van der Waals surface area contributed by atoms with Crippen LogP contribution in [0.2, 0.25) is 0 Å². The van der Waals surface area contributed by atoms with Crippen LogP contribution in [0.25, 0.3) is 0 Å². The number of sulfonamides is 1. The second-order valence-electron chi connectivity index (χ2n) is 7.02. The standard InChI is InChI=1S/C21H23F3N2O3S/c1-3-25(4-2)30(28,29)18-10-7-15(8-11-18)20(27)26-13-5-6-16-14-17(21(22,23)24)9-12-19(16)26/h7-12,14H,3-6,13H2,1-2H3. The summed E-state index contributed by atoms with van der Waals surface area (Å²) in [6.45, 7) is 4.55. The summed E-state index contributed by atoms with van der Waals surface area (Å²) >= 11 is 0. The molecular weight excluding hydrogens is 417 g/mol. The van der Waals surface area contributed by atoms with Crippen LogP contribution in [0.1, 0.15) is 41.8 Å². The third-order valence-corrected chi connectivity index (χ3v) is 7.28. The van der Waals surface area contributed by atoms with E-state index >= 15 is 0 Å². The Bertz CT molecular complexity index is 1030. The largest absolute Gasteiger partial charge is 0.416 e. The molecule has 5 nitrogen and oxygen atoms in total. The Hall–Kier alpha value is -2.39. The molecule has 1 amide bonds. The summed E-state index contributed by atoms with van der Waals surface area (Å²) in [6.07, 6.45) is -3.42. The summed E-state index contributed by atoms with van der Waals surface area (Å²) in [6, 6.07) is 9.05. The van der Waals surface area contributed by atoms with Gasteiger partial charge in [0.1, 0.15) is 0 Å². The molecule has 0 atom stereocenters. The maximum Gasteiger partial charge on any atom is 0.416 e. The van der Waals surface area contributed by atoms with Crippen LogP contribution in [-0.4, -0.2) is 38.3 Å². The maximum atomic E-state index is 13.0. The molecule has 3 rings (SSSR count). The van der Waals surface area contributed by atoms with Crippen molar-refractivity contribution in [3.63, 3.8) is 0 Å². The Balaban J connectivity index is 1.88. The molecule has 0 spiro atoms. The molecule has 0 radical (unpaired) electrons. The summed E-state index contributed by atoms with van der Waals surface area (Å²) in [4.78, 5) is 14.5. The van der Waals surface area contributed by atoms with Gasteiger partial charge in [-0.25, -0.2) is 8.42 Å². The second kappa shape index (κ2) is 8.39. The molecule has 0 N–H and O–H groups in total. The minimum absolute atomic E-state index is 0.0941. The van der Waals surface area contributed by atoms with E-state index in [0.29, 0.717) is 43.7 Å². The number of carbonyl (C=O) groups excluding carboxylic acids is 1. The van der Waals surface area contributed by atoms with Crippen molar-refractivity contribution in [3.05, 3.63) is 59.2 Å². The molecule has 1 aliphatic rings. The number of hydrogen-bond acceptors (Lipinski definition) is 3. The highest BCUT2D eigenvalue weighted by atomic mass is 32.2. The zero-order chi connectivity index (χ0) is 22.1. The van der Waals surface area contributed by atoms with E-state index in [9.17, 15) is 26.4 Å². The van der Waals surface area contributed by atoms with Crippen molar-refractivity contribution < 1.29 is 26.4 Å². The smallest absolute Gasteiger partial charge is 0.308 e. The van der Waals surface area contributed by atoms with Gasteiger partial charge in [0.15, 0.2) is 0 Å². The summed E-state index contributed by atoms with van der Waals surface area (Å²) < 4.78 is 65.5. The quantitative estimate of drug-likeness (QED) is 0.696. The van der Waals surface area contributed by atoms with Crippen molar-refractivity contribution in [2.75, 3.05) is 24.5 Å². The minimum Gasteiger partial charge on any atom is -0.308 e. The summed E-state index contributed by atoms with van der Waals surface area (Å²) in [5.74, 6) is -0.373. The number of nitrogens with zero attached hydrogens (tertiary/aromatic N) is 2. The number of alkyl halides is 3. The number of rotatable bonds is 5. The number of amides is 1. The summed E-state index contributed by atoms with van der Waals surface area (Å²) in [5, 5.41) is 0. The zero-order valence-corrected chi connectivity index (χ0v) is 17.6. The van der Waals surface area contributed by atoms with E-state index in [2.05, 4.69) is 0 Å². The van der Waals surface area contributed by atoms with Gasteiger partial charge in [0.2, 0.25) is 10.0 Å². The Labute approximate surface area is 174 Å². The third-order valence-electron chi connectivity index (χ3n) is 5.22. The molecule has 1 aliphatic heterocycles. The molecule has 0 fully saturated rings. The van der Waals surface area contributed by atoms with Crippen molar-refractivity contribution in [2.45, 2.75) is 37.8 Å². The average molecular weight is 440 g/mol. The van der Waals surface area contributed by atoms with E-state index in [1.165, 1.54) is 39.5 Å². The van der Waals surface area contributed by atoms with Crippen molar-refractivity contribution in [2.24, 2.45) is 0 Å². The topological polar surface area (TPSA) is 57.7 Å². The molecule has 0 saturated heterocycles. The second-order valence-corrected chi connectivity index (χ2v) is 8.95. The molecule has 0 aromatic heterocycles. The highest BCUT2D eigenvalue weighted by Gasteiger charge is 2.33. The van der Waals surface area contributed by atoms with Gasteiger partial charge >= 0.3 is 6.18 Å². The molecule has 1 heterocycles. The van der Waals surface area contributed by atoms with Gasteiger partial charge < -0.3 is 4.90 Å². The number of hydrogen-bond donors (Lipinski definition) is 0. The van der Waals surface area contributed by atoms with Gasteiger partial charge in [-0.15, -0.1) is 0 Å². The lowest BCUT2D eigenvalue weighted by molar-refractivity contribution is -0.137. The highest BCUT2D eigenvalue weighted by molar-refractivity contribution is 7.89. The summed E-state index contributed by atoms with van der Waals surface area (Å²) in [5.41, 5.74) is 0.479. The fraction of sp³-hybridized carbons (Fsp3) is 0.381. The molecule has 9 heteroatoms. The van der Waals surface area contributed by atoms with Gasteiger partial charge in [0.05, 0.1) is 10.5 Å². The third kappa shape index (κ3) is 4.22. The number of anilines is 1. The lowest BCUT2D eigenvalue weighted by Crippen LogP contribution is -2.35. The van der Waals surface area contributed by atoms with E-state index < -0.39 is 21.8 Å². The molecular formula is C21H23F3N2O3S. The number of benzene rings is 2. The van der Waals surface area contributed by atoms with E-state index in [4.69, 9.17) is 0 Å².